The van der Waals surface area contributed by atoms with Gasteiger partial charge in [0.2, 0.25) is 0 Å². The molecule has 0 bridgehead atoms. The molecule has 5 aliphatic carbocycles. The van der Waals surface area contributed by atoms with Crippen LogP contribution in [0.3, 0.4) is 0 Å². The second kappa shape index (κ2) is 13.5. The predicted octanol–water partition coefficient (Wildman–Crippen LogP) is 9.00. The average molecular weight is 512 g/mol. The average Bonchev–Trinajstić information content (AvgIpc) is 2.95. The fourth-order valence-electron chi connectivity index (χ4n) is 9.55. The summed E-state index contributed by atoms with van der Waals surface area (Å²) >= 11 is 0. The van der Waals surface area contributed by atoms with Gasteiger partial charge < -0.3 is 4.74 Å². The normalized spacial score (nSPS) is 36.8. The van der Waals surface area contributed by atoms with Crippen molar-refractivity contribution in [3.8, 4) is 0 Å². The Morgan fingerprint density at radius 2 is 0.919 bits per heavy atom. The number of nitrogens with zero attached hydrogens (tertiary/aromatic N) is 1. The van der Waals surface area contributed by atoms with Gasteiger partial charge in [-0.25, -0.2) is 4.79 Å². The maximum atomic E-state index is 11.9. The Hall–Kier alpha value is -0.830. The van der Waals surface area contributed by atoms with Crippen molar-refractivity contribution >= 4 is 5.97 Å². The number of carbonyl (C=O) groups is 1. The molecule has 0 amide bonds. The van der Waals surface area contributed by atoms with E-state index in [0.29, 0.717) is 5.57 Å². The summed E-state index contributed by atoms with van der Waals surface area (Å²) in [7, 11) is 0. The first kappa shape index (κ1) is 27.7. The van der Waals surface area contributed by atoms with Gasteiger partial charge in [-0.15, -0.1) is 0 Å². The molecular weight excluding hydrogens is 454 g/mol. The third-order valence-electron chi connectivity index (χ3n) is 11.6. The highest BCUT2D eigenvalue weighted by Crippen LogP contribution is 2.44. The number of ether oxygens (including phenoxy) is 1. The van der Waals surface area contributed by atoms with Crippen molar-refractivity contribution < 1.29 is 9.53 Å². The van der Waals surface area contributed by atoms with E-state index in [4.69, 9.17) is 4.74 Å². The van der Waals surface area contributed by atoms with E-state index >= 15 is 0 Å². The lowest BCUT2D eigenvalue weighted by Crippen LogP contribution is -2.52. The molecule has 0 spiro atoms. The van der Waals surface area contributed by atoms with Crippen LogP contribution in [0, 0.1) is 23.7 Å². The molecule has 37 heavy (non-hydrogen) atoms. The molecule has 0 heterocycles. The molecule has 5 rings (SSSR count). The second-order valence-corrected chi connectivity index (χ2v) is 14.0. The van der Waals surface area contributed by atoms with Crippen molar-refractivity contribution in [3.63, 3.8) is 0 Å². The van der Waals surface area contributed by atoms with Gasteiger partial charge in [-0.3, -0.25) is 4.90 Å². The summed E-state index contributed by atoms with van der Waals surface area (Å²) < 4.78 is 5.67. The smallest absolute Gasteiger partial charge is 0.333 e. The first-order chi connectivity index (χ1) is 18.1. The highest BCUT2D eigenvalue weighted by molar-refractivity contribution is 5.87. The van der Waals surface area contributed by atoms with Crippen LogP contribution < -0.4 is 0 Å². The maximum Gasteiger partial charge on any atom is 0.333 e. The molecule has 0 aromatic rings. The van der Waals surface area contributed by atoms with Gasteiger partial charge in [0.1, 0.15) is 6.10 Å². The lowest BCUT2D eigenvalue weighted by molar-refractivity contribution is -0.146. The number of carbonyl (C=O) groups excluding carboxylic acids is 1. The van der Waals surface area contributed by atoms with Gasteiger partial charge in [0.25, 0.3) is 0 Å². The van der Waals surface area contributed by atoms with Crippen LogP contribution >= 0.6 is 0 Å². The van der Waals surface area contributed by atoms with E-state index in [9.17, 15) is 4.79 Å². The third kappa shape index (κ3) is 7.23. The first-order valence-electron chi connectivity index (χ1n) is 16.7. The summed E-state index contributed by atoms with van der Waals surface area (Å²) in [5.41, 5.74) is 0.533. The van der Waals surface area contributed by atoms with Crippen LogP contribution in [0.25, 0.3) is 0 Å². The Kier molecular flexibility index (Phi) is 10.1. The zero-order valence-corrected chi connectivity index (χ0v) is 24.1. The van der Waals surface area contributed by atoms with E-state index in [2.05, 4.69) is 11.5 Å². The minimum atomic E-state index is -0.195. The van der Waals surface area contributed by atoms with Crippen LogP contribution in [0.15, 0.2) is 12.2 Å². The summed E-state index contributed by atoms with van der Waals surface area (Å²) in [5.74, 6) is 3.68. The van der Waals surface area contributed by atoms with Gasteiger partial charge in [0.05, 0.1) is 0 Å². The molecule has 5 saturated carbocycles. The molecule has 0 aromatic heterocycles. The zero-order chi connectivity index (χ0) is 25.6. The topological polar surface area (TPSA) is 29.5 Å². The molecule has 5 fully saturated rings. The molecule has 0 atom stereocenters. The van der Waals surface area contributed by atoms with Crippen molar-refractivity contribution in [3.05, 3.63) is 12.2 Å². The Labute approximate surface area is 228 Å². The Balaban J connectivity index is 1.12. The van der Waals surface area contributed by atoms with Crippen molar-refractivity contribution in [2.24, 2.45) is 23.7 Å². The van der Waals surface area contributed by atoms with Gasteiger partial charge in [0, 0.05) is 23.7 Å². The number of hydrogen-bond donors (Lipinski definition) is 0. The van der Waals surface area contributed by atoms with Gasteiger partial charge in [0.15, 0.2) is 0 Å². The third-order valence-corrected chi connectivity index (χ3v) is 11.6. The van der Waals surface area contributed by atoms with Crippen LogP contribution in [0.2, 0.25) is 0 Å². The minimum absolute atomic E-state index is 0.127. The highest BCUT2D eigenvalue weighted by atomic mass is 16.5. The quantitative estimate of drug-likeness (QED) is 0.252. The molecular formula is C34H57NO2. The van der Waals surface area contributed by atoms with E-state index in [1.165, 1.54) is 128 Å². The van der Waals surface area contributed by atoms with Gasteiger partial charge >= 0.3 is 5.97 Å². The minimum Gasteiger partial charge on any atom is -0.459 e. The van der Waals surface area contributed by atoms with Gasteiger partial charge in [-0.1, -0.05) is 57.9 Å². The number of esters is 1. The second-order valence-electron chi connectivity index (χ2n) is 14.0. The van der Waals surface area contributed by atoms with Crippen molar-refractivity contribution in [2.75, 3.05) is 0 Å². The van der Waals surface area contributed by atoms with E-state index < -0.39 is 0 Å². The molecule has 0 radical (unpaired) electrons. The highest BCUT2D eigenvalue weighted by Gasteiger charge is 2.40. The Morgan fingerprint density at radius 1 is 0.541 bits per heavy atom. The van der Waals surface area contributed by atoms with Gasteiger partial charge in [-0.2, -0.15) is 0 Å². The molecule has 0 N–H and O–H groups in total. The molecule has 0 aromatic carbocycles. The molecule has 0 saturated heterocycles. The number of rotatable bonds is 7. The monoisotopic (exact) mass is 511 g/mol. The van der Waals surface area contributed by atoms with E-state index in [0.717, 1.165) is 54.6 Å². The van der Waals surface area contributed by atoms with E-state index in [1.54, 1.807) is 6.92 Å². The molecule has 3 nitrogen and oxygen atoms in total. The largest absolute Gasteiger partial charge is 0.459 e. The summed E-state index contributed by atoms with van der Waals surface area (Å²) in [6.45, 7) is 5.50. The molecule has 210 valence electrons. The summed E-state index contributed by atoms with van der Waals surface area (Å²) in [5, 5.41) is 0. The fraction of sp³-hybridized carbons (Fsp3) is 0.912. The SMILES string of the molecule is C=C(C)C(=O)OC1CCC(C2CCC(N(C3CCCCC3)C3CCC(C4CCCCC4)CC3)CC2)CC1. The maximum absolute atomic E-state index is 11.9. The van der Waals surface area contributed by atoms with Crippen LogP contribution in [0.1, 0.15) is 148 Å². The molecule has 3 heteroatoms. The lowest BCUT2D eigenvalue weighted by Gasteiger charge is -2.50. The fourth-order valence-corrected chi connectivity index (χ4v) is 9.55. The predicted molar refractivity (Wildman–Crippen MR) is 153 cm³/mol. The van der Waals surface area contributed by atoms with Crippen LogP contribution in [0.5, 0.6) is 0 Å². The van der Waals surface area contributed by atoms with Crippen LogP contribution in [-0.4, -0.2) is 35.1 Å². The zero-order valence-electron chi connectivity index (χ0n) is 24.1. The van der Waals surface area contributed by atoms with Gasteiger partial charge in [-0.05, 0) is 120 Å². The molecule has 5 aliphatic rings. The van der Waals surface area contributed by atoms with Crippen LogP contribution in [0.4, 0.5) is 0 Å². The Morgan fingerprint density at radius 3 is 1.38 bits per heavy atom. The number of hydrogen-bond acceptors (Lipinski definition) is 3. The molecule has 0 unspecified atom stereocenters. The van der Waals surface area contributed by atoms with E-state index in [-0.39, 0.29) is 12.1 Å². The summed E-state index contributed by atoms with van der Waals surface area (Å²) in [6.07, 6.45) is 31.4. The lowest BCUT2D eigenvalue weighted by atomic mass is 9.70. The molecule has 0 aliphatic heterocycles. The Bertz CT molecular complexity index is 712. The van der Waals surface area contributed by atoms with E-state index in [1.807, 2.05) is 0 Å². The van der Waals surface area contributed by atoms with Crippen LogP contribution in [-0.2, 0) is 9.53 Å². The van der Waals surface area contributed by atoms with Crippen molar-refractivity contribution in [1.29, 1.82) is 0 Å². The van der Waals surface area contributed by atoms with Crippen molar-refractivity contribution in [1.82, 2.24) is 4.90 Å². The van der Waals surface area contributed by atoms with Crippen molar-refractivity contribution in [2.45, 2.75) is 172 Å². The standard InChI is InChI=1S/C34H57NO2/c1-25(2)34(36)37-33-23-17-29(18-24-33)28-15-21-32(22-16-28)35(30-11-7-4-8-12-30)31-19-13-27(14-20-31)26-9-5-3-6-10-26/h26-33H,1,3-24H2,2H3. The summed E-state index contributed by atoms with van der Waals surface area (Å²) in [4.78, 5) is 15.1. The summed E-state index contributed by atoms with van der Waals surface area (Å²) in [6, 6.07) is 2.61. The first-order valence-corrected chi connectivity index (χ1v) is 16.7.